The number of hydrogen-bond acceptors (Lipinski definition) is 1. The van der Waals surface area contributed by atoms with Crippen molar-refractivity contribution in [3.63, 3.8) is 0 Å². The van der Waals surface area contributed by atoms with E-state index in [-0.39, 0.29) is 0 Å². The SMILES string of the molecule is CC(C)=C1CCN(C)C(C(C)(C)C)C1. The Kier molecular flexibility index (Phi) is 3.41. The summed E-state index contributed by atoms with van der Waals surface area (Å²) in [5.41, 5.74) is 3.62. The fourth-order valence-corrected chi connectivity index (χ4v) is 2.38. The van der Waals surface area contributed by atoms with Gasteiger partial charge in [-0.25, -0.2) is 0 Å². The molecule has 0 bridgehead atoms. The average Bonchev–Trinajstić information content (AvgIpc) is 2.02. The molecule has 1 atom stereocenters. The highest BCUT2D eigenvalue weighted by molar-refractivity contribution is 5.15. The lowest BCUT2D eigenvalue weighted by Gasteiger charge is -2.42. The smallest absolute Gasteiger partial charge is 0.0178 e. The third kappa shape index (κ3) is 2.60. The second-order valence-corrected chi connectivity index (χ2v) is 5.92. The van der Waals surface area contributed by atoms with E-state index in [1.807, 2.05) is 0 Å². The van der Waals surface area contributed by atoms with Crippen LogP contribution in [0.2, 0.25) is 0 Å². The highest BCUT2D eigenvalue weighted by Crippen LogP contribution is 2.34. The van der Waals surface area contributed by atoms with Gasteiger partial charge in [-0.1, -0.05) is 31.9 Å². The molecule has 1 saturated heterocycles. The van der Waals surface area contributed by atoms with Crippen LogP contribution in [-0.4, -0.2) is 24.5 Å². The van der Waals surface area contributed by atoms with E-state index in [9.17, 15) is 0 Å². The molecule has 1 aliphatic heterocycles. The summed E-state index contributed by atoms with van der Waals surface area (Å²) < 4.78 is 0. The number of likely N-dealkylation sites (tertiary alicyclic amines) is 1. The van der Waals surface area contributed by atoms with E-state index >= 15 is 0 Å². The topological polar surface area (TPSA) is 3.24 Å². The summed E-state index contributed by atoms with van der Waals surface area (Å²) in [6.07, 6.45) is 2.54. The monoisotopic (exact) mass is 195 g/mol. The number of rotatable bonds is 0. The van der Waals surface area contributed by atoms with Crippen LogP contribution in [0.25, 0.3) is 0 Å². The summed E-state index contributed by atoms with van der Waals surface area (Å²) in [7, 11) is 2.26. The summed E-state index contributed by atoms with van der Waals surface area (Å²) in [5, 5.41) is 0. The van der Waals surface area contributed by atoms with Crippen LogP contribution in [0.3, 0.4) is 0 Å². The molecule has 0 aromatic rings. The van der Waals surface area contributed by atoms with Crippen molar-refractivity contribution in [2.45, 2.75) is 53.5 Å². The van der Waals surface area contributed by atoms with Crippen molar-refractivity contribution >= 4 is 0 Å². The van der Waals surface area contributed by atoms with Crippen molar-refractivity contribution in [1.82, 2.24) is 4.90 Å². The zero-order valence-electron chi connectivity index (χ0n) is 10.6. The van der Waals surface area contributed by atoms with Gasteiger partial charge in [0.2, 0.25) is 0 Å². The Labute approximate surface area is 89.2 Å². The average molecular weight is 195 g/mol. The lowest BCUT2D eigenvalue weighted by Crippen LogP contribution is -2.45. The molecule has 1 heterocycles. The Hall–Kier alpha value is -0.300. The maximum Gasteiger partial charge on any atom is 0.0178 e. The van der Waals surface area contributed by atoms with Gasteiger partial charge in [0.25, 0.3) is 0 Å². The van der Waals surface area contributed by atoms with Crippen molar-refractivity contribution in [3.05, 3.63) is 11.1 Å². The van der Waals surface area contributed by atoms with Gasteiger partial charge >= 0.3 is 0 Å². The van der Waals surface area contributed by atoms with Crippen LogP contribution in [0.15, 0.2) is 11.1 Å². The molecule has 1 unspecified atom stereocenters. The standard InChI is InChI=1S/C13H25N/c1-10(2)11-7-8-14(6)12(9-11)13(3,4)5/h12H,7-9H2,1-6H3. The van der Waals surface area contributed by atoms with E-state index < -0.39 is 0 Å². The van der Waals surface area contributed by atoms with E-state index in [0.717, 1.165) is 0 Å². The highest BCUT2D eigenvalue weighted by atomic mass is 15.1. The number of nitrogens with zero attached hydrogens (tertiary/aromatic N) is 1. The van der Waals surface area contributed by atoms with Crippen molar-refractivity contribution in [2.75, 3.05) is 13.6 Å². The first-order valence-corrected chi connectivity index (χ1v) is 5.68. The molecule has 1 rings (SSSR count). The summed E-state index contributed by atoms with van der Waals surface area (Å²) in [6, 6.07) is 0.709. The van der Waals surface area contributed by atoms with Crippen LogP contribution < -0.4 is 0 Å². The van der Waals surface area contributed by atoms with E-state index in [0.29, 0.717) is 11.5 Å². The molecular formula is C13H25N. The number of allylic oxidation sites excluding steroid dienone is 1. The van der Waals surface area contributed by atoms with Gasteiger partial charge in [0.1, 0.15) is 0 Å². The van der Waals surface area contributed by atoms with E-state index in [2.05, 4.69) is 46.6 Å². The summed E-state index contributed by atoms with van der Waals surface area (Å²) in [4.78, 5) is 2.52. The largest absolute Gasteiger partial charge is 0.302 e. The Balaban J connectivity index is 2.80. The molecule has 0 spiro atoms. The Bertz CT molecular complexity index is 228. The zero-order valence-corrected chi connectivity index (χ0v) is 10.6. The summed E-state index contributed by atoms with van der Waals surface area (Å²) in [6.45, 7) is 12.8. The van der Waals surface area contributed by atoms with E-state index in [1.165, 1.54) is 25.0 Å². The molecule has 0 saturated carbocycles. The van der Waals surface area contributed by atoms with Crippen molar-refractivity contribution in [3.8, 4) is 0 Å². The molecule has 1 heteroatoms. The van der Waals surface area contributed by atoms with Gasteiger partial charge in [0, 0.05) is 12.6 Å². The quantitative estimate of drug-likeness (QED) is 0.535. The summed E-state index contributed by atoms with van der Waals surface area (Å²) >= 11 is 0. The van der Waals surface area contributed by atoms with Gasteiger partial charge in [-0.2, -0.15) is 0 Å². The Morgan fingerprint density at radius 1 is 1.29 bits per heavy atom. The zero-order chi connectivity index (χ0) is 10.9. The van der Waals surface area contributed by atoms with E-state index in [4.69, 9.17) is 0 Å². The van der Waals surface area contributed by atoms with Gasteiger partial charge in [-0.05, 0) is 39.2 Å². The second kappa shape index (κ2) is 4.06. The van der Waals surface area contributed by atoms with Crippen molar-refractivity contribution in [2.24, 2.45) is 5.41 Å². The van der Waals surface area contributed by atoms with Gasteiger partial charge in [0.15, 0.2) is 0 Å². The fraction of sp³-hybridized carbons (Fsp3) is 0.846. The van der Waals surface area contributed by atoms with Crippen LogP contribution in [0.1, 0.15) is 47.5 Å². The number of hydrogen-bond donors (Lipinski definition) is 0. The molecule has 1 aliphatic rings. The molecule has 82 valence electrons. The van der Waals surface area contributed by atoms with Gasteiger partial charge < -0.3 is 4.90 Å². The molecule has 0 aliphatic carbocycles. The highest BCUT2D eigenvalue weighted by Gasteiger charge is 2.31. The predicted molar refractivity (Wildman–Crippen MR) is 63.5 cm³/mol. The Morgan fingerprint density at radius 3 is 2.29 bits per heavy atom. The van der Waals surface area contributed by atoms with E-state index in [1.54, 1.807) is 5.57 Å². The van der Waals surface area contributed by atoms with Gasteiger partial charge in [0.05, 0.1) is 0 Å². The first-order chi connectivity index (χ1) is 6.32. The predicted octanol–water partition coefficient (Wildman–Crippen LogP) is 3.46. The third-order valence-corrected chi connectivity index (χ3v) is 3.44. The molecule has 0 amide bonds. The lowest BCUT2D eigenvalue weighted by molar-refractivity contribution is 0.108. The maximum atomic E-state index is 2.52. The van der Waals surface area contributed by atoms with Gasteiger partial charge in [-0.3, -0.25) is 0 Å². The molecule has 0 radical (unpaired) electrons. The molecule has 0 aromatic heterocycles. The third-order valence-electron chi connectivity index (χ3n) is 3.44. The van der Waals surface area contributed by atoms with Gasteiger partial charge in [-0.15, -0.1) is 0 Å². The van der Waals surface area contributed by atoms with Crippen LogP contribution in [-0.2, 0) is 0 Å². The molecule has 1 fully saturated rings. The molecule has 1 nitrogen and oxygen atoms in total. The molecule has 0 N–H and O–H groups in total. The van der Waals surface area contributed by atoms with Crippen molar-refractivity contribution < 1.29 is 0 Å². The molecular weight excluding hydrogens is 170 g/mol. The first kappa shape index (κ1) is 11.8. The molecule has 14 heavy (non-hydrogen) atoms. The minimum Gasteiger partial charge on any atom is -0.302 e. The van der Waals surface area contributed by atoms with Crippen LogP contribution in [0, 0.1) is 5.41 Å². The second-order valence-electron chi connectivity index (χ2n) is 5.92. The Morgan fingerprint density at radius 2 is 1.86 bits per heavy atom. The lowest BCUT2D eigenvalue weighted by atomic mass is 9.78. The number of piperidine rings is 1. The molecule has 0 aromatic carbocycles. The van der Waals surface area contributed by atoms with Crippen LogP contribution in [0.5, 0.6) is 0 Å². The van der Waals surface area contributed by atoms with Crippen molar-refractivity contribution in [1.29, 1.82) is 0 Å². The normalized spacial score (nSPS) is 25.3. The minimum absolute atomic E-state index is 0.399. The van der Waals surface area contributed by atoms with Crippen LogP contribution in [0.4, 0.5) is 0 Å². The summed E-state index contributed by atoms with van der Waals surface area (Å²) in [5.74, 6) is 0. The first-order valence-electron chi connectivity index (χ1n) is 5.68. The fourth-order valence-electron chi connectivity index (χ4n) is 2.38. The minimum atomic E-state index is 0.399. The van der Waals surface area contributed by atoms with Crippen LogP contribution >= 0.6 is 0 Å². The maximum absolute atomic E-state index is 2.52.